The molecule has 0 unspecified atom stereocenters. The summed E-state index contributed by atoms with van der Waals surface area (Å²) in [6, 6.07) is 1.77. The molecule has 0 bridgehead atoms. The van der Waals surface area contributed by atoms with Crippen LogP contribution in [-0.4, -0.2) is 15.8 Å². The van der Waals surface area contributed by atoms with Gasteiger partial charge in [0, 0.05) is 17.1 Å². The molecule has 1 heterocycles. The summed E-state index contributed by atoms with van der Waals surface area (Å²) in [6.45, 7) is 1.96. The Morgan fingerprint density at radius 1 is 1.57 bits per heavy atom. The number of carbonyl (C=O) groups excluding carboxylic acids is 1. The first kappa shape index (κ1) is 14.9. The molecule has 1 aromatic carbocycles. The minimum absolute atomic E-state index is 0.0961. The maximum absolute atomic E-state index is 13.7. The molecule has 2 rings (SSSR count). The maximum atomic E-state index is 13.7. The van der Waals surface area contributed by atoms with Crippen LogP contribution in [0, 0.1) is 22.9 Å². The number of nitrogens with zero attached hydrogens (tertiary/aromatic N) is 2. The Balaban J connectivity index is 2.22. The van der Waals surface area contributed by atoms with E-state index in [4.69, 9.17) is 5.73 Å². The van der Waals surface area contributed by atoms with Gasteiger partial charge in [-0.15, -0.1) is 11.3 Å². The summed E-state index contributed by atoms with van der Waals surface area (Å²) in [7, 11) is 0. The summed E-state index contributed by atoms with van der Waals surface area (Å²) in [5.74, 6) is -1.73. The number of nitrogens with one attached hydrogen (secondary N) is 1. The summed E-state index contributed by atoms with van der Waals surface area (Å²) < 4.78 is 13.7. The lowest BCUT2D eigenvalue weighted by Gasteiger charge is -2.07. The number of aryl methyl sites for hydroxylation is 1. The molecule has 21 heavy (non-hydrogen) atoms. The third-order valence-electron chi connectivity index (χ3n) is 2.66. The van der Waals surface area contributed by atoms with Crippen LogP contribution in [0.25, 0.3) is 0 Å². The first-order valence-electron chi connectivity index (χ1n) is 5.82. The van der Waals surface area contributed by atoms with Crippen LogP contribution >= 0.6 is 11.3 Å². The largest absolute Gasteiger partial charge is 0.392 e. The molecule has 0 aliphatic heterocycles. The molecular weight excluding hydrogens is 299 g/mol. The molecule has 1 aromatic heterocycles. The number of nitrogens with two attached hydrogens (primary N) is 1. The van der Waals surface area contributed by atoms with Crippen LogP contribution in [0.5, 0.6) is 0 Å². The monoisotopic (exact) mass is 310 g/mol. The predicted octanol–water partition coefficient (Wildman–Crippen LogP) is 2.01. The molecule has 1 amide bonds. The third kappa shape index (κ3) is 3.14. The number of benzene rings is 1. The molecule has 0 spiro atoms. The van der Waals surface area contributed by atoms with Gasteiger partial charge in [-0.3, -0.25) is 14.9 Å². The summed E-state index contributed by atoms with van der Waals surface area (Å²) in [4.78, 5) is 27.0. The van der Waals surface area contributed by atoms with E-state index in [0.29, 0.717) is 5.01 Å². The first-order chi connectivity index (χ1) is 9.90. The van der Waals surface area contributed by atoms with Gasteiger partial charge in [-0.05, 0) is 13.0 Å². The summed E-state index contributed by atoms with van der Waals surface area (Å²) in [5, 5.41) is 13.8. The van der Waals surface area contributed by atoms with Gasteiger partial charge in [0.2, 0.25) is 0 Å². The number of nitrogen functional groups attached to an aromatic ring is 1. The molecule has 3 N–H and O–H groups in total. The molecule has 9 heteroatoms. The lowest BCUT2D eigenvalue weighted by molar-refractivity contribution is -0.384. The van der Waals surface area contributed by atoms with E-state index in [1.54, 1.807) is 6.20 Å². The molecule has 0 aliphatic rings. The number of aromatic nitrogens is 1. The lowest BCUT2D eigenvalue weighted by Crippen LogP contribution is -2.25. The van der Waals surface area contributed by atoms with Crippen molar-refractivity contribution in [1.82, 2.24) is 10.3 Å². The van der Waals surface area contributed by atoms with Crippen molar-refractivity contribution < 1.29 is 14.1 Å². The van der Waals surface area contributed by atoms with Crippen molar-refractivity contribution in [3.05, 3.63) is 49.7 Å². The van der Waals surface area contributed by atoms with Gasteiger partial charge in [0.1, 0.15) is 22.1 Å². The molecule has 0 aliphatic carbocycles. The van der Waals surface area contributed by atoms with Crippen LogP contribution in [0.4, 0.5) is 15.8 Å². The summed E-state index contributed by atoms with van der Waals surface area (Å²) >= 11 is 1.38. The molecule has 0 radical (unpaired) electrons. The number of carbonyl (C=O) groups is 1. The van der Waals surface area contributed by atoms with E-state index in [-0.39, 0.29) is 6.54 Å². The average Bonchev–Trinajstić information content (AvgIpc) is 2.82. The molecule has 110 valence electrons. The van der Waals surface area contributed by atoms with Crippen molar-refractivity contribution in [3.8, 4) is 0 Å². The fourth-order valence-electron chi connectivity index (χ4n) is 1.70. The summed E-state index contributed by atoms with van der Waals surface area (Å²) in [5.41, 5.74) is 3.97. The molecule has 0 atom stereocenters. The fourth-order valence-corrected chi connectivity index (χ4v) is 2.43. The van der Waals surface area contributed by atoms with Gasteiger partial charge >= 0.3 is 0 Å². The second-order valence-electron chi connectivity index (χ2n) is 4.16. The van der Waals surface area contributed by atoms with Crippen LogP contribution in [0.15, 0.2) is 18.3 Å². The fraction of sp³-hybridized carbons (Fsp3) is 0.167. The van der Waals surface area contributed by atoms with Gasteiger partial charge in [-0.1, -0.05) is 0 Å². The number of hydrogen-bond acceptors (Lipinski definition) is 6. The Morgan fingerprint density at radius 3 is 2.86 bits per heavy atom. The van der Waals surface area contributed by atoms with E-state index in [1.807, 2.05) is 6.92 Å². The van der Waals surface area contributed by atoms with E-state index < -0.39 is 33.6 Å². The molecule has 2 aromatic rings. The Kier molecular flexibility index (Phi) is 4.13. The predicted molar refractivity (Wildman–Crippen MR) is 75.5 cm³/mol. The third-order valence-corrected chi connectivity index (χ3v) is 3.58. The first-order valence-corrected chi connectivity index (χ1v) is 6.63. The van der Waals surface area contributed by atoms with E-state index >= 15 is 0 Å². The van der Waals surface area contributed by atoms with Crippen molar-refractivity contribution in [2.24, 2.45) is 0 Å². The van der Waals surface area contributed by atoms with E-state index in [0.717, 1.165) is 17.0 Å². The van der Waals surface area contributed by atoms with Crippen LogP contribution in [0.2, 0.25) is 0 Å². The average molecular weight is 310 g/mol. The Bertz CT molecular complexity index is 717. The van der Waals surface area contributed by atoms with Crippen LogP contribution < -0.4 is 11.1 Å². The highest BCUT2D eigenvalue weighted by atomic mass is 32.1. The van der Waals surface area contributed by atoms with Crippen molar-refractivity contribution in [2.75, 3.05) is 5.73 Å². The van der Waals surface area contributed by atoms with Gasteiger partial charge in [0.25, 0.3) is 11.6 Å². The van der Waals surface area contributed by atoms with E-state index in [2.05, 4.69) is 10.3 Å². The highest BCUT2D eigenvalue weighted by molar-refractivity contribution is 7.11. The highest BCUT2D eigenvalue weighted by Gasteiger charge is 2.23. The van der Waals surface area contributed by atoms with Gasteiger partial charge in [0.05, 0.1) is 11.5 Å². The summed E-state index contributed by atoms with van der Waals surface area (Å²) in [6.07, 6.45) is 1.65. The second-order valence-corrected chi connectivity index (χ2v) is 5.48. The van der Waals surface area contributed by atoms with Crippen LogP contribution in [0.3, 0.4) is 0 Å². The lowest BCUT2D eigenvalue weighted by atomic mass is 10.1. The minimum atomic E-state index is -0.911. The van der Waals surface area contributed by atoms with E-state index in [9.17, 15) is 19.3 Å². The van der Waals surface area contributed by atoms with Gasteiger partial charge in [-0.25, -0.2) is 9.37 Å². The van der Waals surface area contributed by atoms with Gasteiger partial charge in [-0.2, -0.15) is 0 Å². The zero-order chi connectivity index (χ0) is 15.6. The number of halogens is 1. The van der Waals surface area contributed by atoms with Gasteiger partial charge < -0.3 is 11.1 Å². The maximum Gasteiger partial charge on any atom is 0.293 e. The standard InChI is InChI=1S/C12H11FN4O3S/c1-6-4-15-9(21-6)5-16-12(18)10-7(13)2-3-8(11(10)14)17(19)20/h2-4H,5,14H2,1H3,(H,16,18). The zero-order valence-electron chi connectivity index (χ0n) is 10.9. The van der Waals surface area contributed by atoms with Crippen LogP contribution in [-0.2, 0) is 6.54 Å². The topological polar surface area (TPSA) is 111 Å². The number of hydrogen-bond donors (Lipinski definition) is 2. The number of thiazole rings is 1. The number of anilines is 1. The molecule has 0 saturated heterocycles. The number of rotatable bonds is 4. The van der Waals surface area contributed by atoms with Crippen molar-refractivity contribution >= 4 is 28.6 Å². The Morgan fingerprint density at radius 2 is 2.29 bits per heavy atom. The van der Waals surface area contributed by atoms with Crippen molar-refractivity contribution in [3.63, 3.8) is 0 Å². The smallest absolute Gasteiger partial charge is 0.293 e. The SMILES string of the molecule is Cc1cnc(CNC(=O)c2c(F)ccc([N+](=O)[O-])c2N)s1. The minimum Gasteiger partial charge on any atom is -0.392 e. The quantitative estimate of drug-likeness (QED) is 0.510. The highest BCUT2D eigenvalue weighted by Crippen LogP contribution is 2.27. The number of nitro groups is 1. The van der Waals surface area contributed by atoms with E-state index in [1.165, 1.54) is 11.3 Å². The normalized spacial score (nSPS) is 10.4. The second kappa shape index (κ2) is 5.83. The van der Waals surface area contributed by atoms with Crippen molar-refractivity contribution in [2.45, 2.75) is 13.5 Å². The van der Waals surface area contributed by atoms with Crippen LogP contribution in [0.1, 0.15) is 20.2 Å². The molecular formula is C12H11FN4O3S. The van der Waals surface area contributed by atoms with Crippen molar-refractivity contribution in [1.29, 1.82) is 0 Å². The Hall–Kier alpha value is -2.55. The zero-order valence-corrected chi connectivity index (χ0v) is 11.7. The number of amides is 1. The molecule has 0 saturated carbocycles. The van der Waals surface area contributed by atoms with Gasteiger partial charge in [0.15, 0.2) is 0 Å². The Labute approximate surface area is 122 Å². The number of nitro benzene ring substituents is 1. The molecule has 0 fully saturated rings. The molecule has 7 nitrogen and oxygen atoms in total.